The first-order chi connectivity index (χ1) is 14.6. The summed E-state index contributed by atoms with van der Waals surface area (Å²) in [5.41, 5.74) is 0.573. The van der Waals surface area contributed by atoms with Crippen LogP contribution in [0.25, 0.3) is 0 Å². The molecule has 170 valence electrons. The summed E-state index contributed by atoms with van der Waals surface area (Å²) in [7, 11) is -0.385. The lowest BCUT2D eigenvalue weighted by Crippen LogP contribution is -2.28. The molecule has 1 aliphatic carbocycles. The molecule has 0 spiro atoms. The minimum absolute atomic E-state index is 0.385. The molecule has 1 saturated carbocycles. The van der Waals surface area contributed by atoms with Crippen molar-refractivity contribution in [2.24, 2.45) is 17.8 Å². The molecule has 0 unspecified atom stereocenters. The molecule has 1 aliphatic heterocycles. The van der Waals surface area contributed by atoms with Crippen molar-refractivity contribution in [2.45, 2.75) is 109 Å². The molecule has 0 atom stereocenters. The minimum Gasteiger partial charge on any atom is -0.204 e. The fourth-order valence-electron chi connectivity index (χ4n) is 6.09. The number of halogens is 3. The van der Waals surface area contributed by atoms with E-state index in [1.807, 2.05) is 0 Å². The monoisotopic (exact) mass is 438 g/mol. The summed E-state index contributed by atoms with van der Waals surface area (Å²) < 4.78 is 39.7. The summed E-state index contributed by atoms with van der Waals surface area (Å²) in [4.78, 5) is 0. The van der Waals surface area contributed by atoms with E-state index in [9.17, 15) is 13.2 Å². The molecule has 1 aromatic carbocycles. The smallest absolute Gasteiger partial charge is 0.194 e. The van der Waals surface area contributed by atoms with Gasteiger partial charge in [-0.3, -0.25) is 0 Å². The topological polar surface area (TPSA) is 0 Å². The molecule has 3 rings (SSSR count). The molecule has 0 amide bonds. The van der Waals surface area contributed by atoms with Crippen molar-refractivity contribution in [3.63, 3.8) is 0 Å². The van der Waals surface area contributed by atoms with E-state index in [1.165, 1.54) is 64.2 Å². The van der Waals surface area contributed by atoms with Gasteiger partial charge in [0.1, 0.15) is 0 Å². The lowest BCUT2D eigenvalue weighted by Gasteiger charge is -2.37. The van der Waals surface area contributed by atoms with Crippen molar-refractivity contribution in [3.05, 3.63) is 35.1 Å². The van der Waals surface area contributed by atoms with Crippen LogP contribution >= 0.6 is 0 Å². The molecule has 1 heterocycles. The highest BCUT2D eigenvalue weighted by Gasteiger charge is 2.30. The molecule has 0 nitrogen and oxygen atoms in total. The van der Waals surface area contributed by atoms with Gasteiger partial charge in [0, 0.05) is 8.80 Å². The Morgan fingerprint density at radius 2 is 1.43 bits per heavy atom. The van der Waals surface area contributed by atoms with Crippen LogP contribution in [0, 0.1) is 35.2 Å². The van der Waals surface area contributed by atoms with Crippen LogP contribution in [0.15, 0.2) is 12.1 Å². The van der Waals surface area contributed by atoms with E-state index in [0.717, 1.165) is 42.7 Å². The second kappa shape index (κ2) is 12.3. The second-order valence-corrected chi connectivity index (χ2v) is 13.6. The largest absolute Gasteiger partial charge is 0.204 e. The van der Waals surface area contributed by atoms with Crippen LogP contribution in [-0.2, 0) is 6.42 Å². The molecule has 0 N–H and O–H groups in total. The van der Waals surface area contributed by atoms with Crippen LogP contribution in [0.4, 0.5) is 13.2 Å². The number of aryl methyl sites for hydroxylation is 1. The van der Waals surface area contributed by atoms with Crippen molar-refractivity contribution in [1.82, 2.24) is 0 Å². The van der Waals surface area contributed by atoms with Crippen molar-refractivity contribution in [1.29, 1.82) is 0 Å². The summed E-state index contributed by atoms with van der Waals surface area (Å²) >= 11 is 0. The predicted octanol–water partition coefficient (Wildman–Crippen LogP) is 8.45. The lowest BCUT2D eigenvalue weighted by atomic mass is 9.73. The highest BCUT2D eigenvalue weighted by molar-refractivity contribution is 6.58. The number of hydrogen-bond donors (Lipinski definition) is 0. The van der Waals surface area contributed by atoms with Gasteiger partial charge in [-0.1, -0.05) is 82.8 Å². The second-order valence-electron chi connectivity index (χ2n) is 10.2. The van der Waals surface area contributed by atoms with Gasteiger partial charge in [-0.2, -0.15) is 0 Å². The molecule has 1 aromatic rings. The van der Waals surface area contributed by atoms with E-state index in [1.54, 1.807) is 18.1 Å². The quantitative estimate of drug-likeness (QED) is 0.195. The zero-order chi connectivity index (χ0) is 21.3. The van der Waals surface area contributed by atoms with Gasteiger partial charge in [0.25, 0.3) is 0 Å². The van der Waals surface area contributed by atoms with E-state index in [2.05, 4.69) is 6.92 Å². The normalized spacial score (nSPS) is 27.3. The summed E-state index contributed by atoms with van der Waals surface area (Å²) in [5, 5.41) is 0. The zero-order valence-electron chi connectivity index (χ0n) is 18.9. The van der Waals surface area contributed by atoms with Crippen LogP contribution < -0.4 is 0 Å². The average molecular weight is 439 g/mol. The van der Waals surface area contributed by atoms with E-state index in [-0.39, 0.29) is 8.80 Å². The van der Waals surface area contributed by atoms with Crippen LogP contribution in [0.1, 0.15) is 89.5 Å². The van der Waals surface area contributed by atoms with Gasteiger partial charge < -0.3 is 0 Å². The van der Waals surface area contributed by atoms with Gasteiger partial charge in [0.2, 0.25) is 0 Å². The number of unbranched alkanes of at least 4 members (excludes halogenated alkanes) is 3. The summed E-state index contributed by atoms with van der Waals surface area (Å²) in [6, 6.07) is 7.11. The van der Waals surface area contributed by atoms with Gasteiger partial charge in [0.15, 0.2) is 17.5 Å². The van der Waals surface area contributed by atoms with Gasteiger partial charge in [0.05, 0.1) is 0 Å². The maximum atomic E-state index is 13.3. The van der Waals surface area contributed by atoms with Crippen LogP contribution in [0.3, 0.4) is 0 Å². The van der Waals surface area contributed by atoms with Gasteiger partial charge in [-0.25, -0.2) is 13.2 Å². The molecular formula is C26H41F3Si. The van der Waals surface area contributed by atoms with E-state index in [0.29, 0.717) is 12.0 Å². The summed E-state index contributed by atoms with van der Waals surface area (Å²) in [6.45, 7) is 2.31. The van der Waals surface area contributed by atoms with Crippen LogP contribution in [0.2, 0.25) is 18.1 Å². The maximum Gasteiger partial charge on any atom is 0.194 e. The number of hydrogen-bond acceptors (Lipinski definition) is 0. The molecule has 0 radical (unpaired) electrons. The maximum absolute atomic E-state index is 13.3. The van der Waals surface area contributed by atoms with E-state index < -0.39 is 17.5 Å². The molecule has 1 saturated heterocycles. The Morgan fingerprint density at radius 3 is 2.07 bits per heavy atom. The van der Waals surface area contributed by atoms with Crippen LogP contribution in [0.5, 0.6) is 0 Å². The van der Waals surface area contributed by atoms with Crippen molar-refractivity contribution in [3.8, 4) is 0 Å². The summed E-state index contributed by atoms with van der Waals surface area (Å²) in [6.07, 6.45) is 16.8. The average Bonchev–Trinajstić information content (AvgIpc) is 2.76. The highest BCUT2D eigenvalue weighted by Crippen LogP contribution is 2.42. The molecular weight excluding hydrogens is 397 g/mol. The number of benzene rings is 1. The highest BCUT2D eigenvalue weighted by atomic mass is 28.3. The SMILES string of the molecule is CCCCC[Si@H]1CC[C@H]([C@H]2CC[C@H](CCCCc3cc(F)c(F)c(F)c3)CC2)CC1. The molecule has 2 aliphatic rings. The Hall–Kier alpha value is -0.773. The Kier molecular flexibility index (Phi) is 9.80. The van der Waals surface area contributed by atoms with Gasteiger partial charge in [-0.15, -0.1) is 0 Å². The van der Waals surface area contributed by atoms with Gasteiger partial charge >= 0.3 is 0 Å². The molecule has 2 fully saturated rings. The third kappa shape index (κ3) is 7.14. The molecule has 0 aromatic heterocycles. The lowest BCUT2D eigenvalue weighted by molar-refractivity contribution is 0.184. The first kappa shape index (κ1) is 23.9. The molecule has 4 heteroatoms. The number of rotatable bonds is 10. The van der Waals surface area contributed by atoms with E-state index in [4.69, 9.17) is 0 Å². The first-order valence-electron chi connectivity index (χ1n) is 12.7. The Labute approximate surface area is 183 Å². The predicted molar refractivity (Wildman–Crippen MR) is 123 cm³/mol. The van der Waals surface area contributed by atoms with Gasteiger partial charge in [-0.05, 0) is 61.1 Å². The Morgan fingerprint density at radius 1 is 0.800 bits per heavy atom. The van der Waals surface area contributed by atoms with Crippen molar-refractivity contribution < 1.29 is 13.2 Å². The molecule has 30 heavy (non-hydrogen) atoms. The summed E-state index contributed by atoms with van der Waals surface area (Å²) in [5.74, 6) is -0.659. The van der Waals surface area contributed by atoms with Crippen molar-refractivity contribution >= 4 is 8.80 Å². The first-order valence-corrected chi connectivity index (χ1v) is 15.1. The van der Waals surface area contributed by atoms with Crippen LogP contribution in [-0.4, -0.2) is 8.80 Å². The van der Waals surface area contributed by atoms with E-state index >= 15 is 0 Å². The minimum atomic E-state index is -1.36. The Balaban J connectivity index is 1.28. The fraction of sp³-hybridized carbons (Fsp3) is 0.769. The molecule has 0 bridgehead atoms. The third-order valence-electron chi connectivity index (χ3n) is 8.04. The zero-order valence-corrected chi connectivity index (χ0v) is 20.1. The standard InChI is InChI=1S/C26H41F3Si/c1-2-3-6-15-30-16-13-23(14-17-30)22-11-9-20(10-12-22)7-4-5-8-21-18-24(27)26(29)25(28)19-21/h18-20,22-23,30H,2-17H2,1H3/t20-,22-,23-,30-. The Bertz CT molecular complexity index is 608. The van der Waals surface area contributed by atoms with Crippen molar-refractivity contribution in [2.75, 3.05) is 0 Å². The third-order valence-corrected chi connectivity index (χ3v) is 11.6. The fourth-order valence-corrected chi connectivity index (χ4v) is 9.63.